The summed E-state index contributed by atoms with van der Waals surface area (Å²) in [6.45, 7) is 6.22. The Morgan fingerprint density at radius 1 is 0.891 bits per heavy atom. The second-order valence-electron chi connectivity index (χ2n) is 12.1. The third kappa shape index (κ3) is 8.76. The average molecular weight is 651 g/mol. The quantitative estimate of drug-likeness (QED) is 0.176. The molecule has 1 aliphatic rings. The van der Waals surface area contributed by atoms with Gasteiger partial charge < -0.3 is 29.4 Å². The Morgan fingerprint density at radius 2 is 1.57 bits per heavy atom. The number of fused-ring (bicyclic) bond motifs is 1. The molecule has 4 aromatic rings. The second-order valence-corrected chi connectivity index (χ2v) is 12.1. The Hall–Kier alpha value is -4.62. The summed E-state index contributed by atoms with van der Waals surface area (Å²) >= 11 is 0. The number of anilines is 3. The van der Waals surface area contributed by atoms with Gasteiger partial charge >= 0.3 is 12.7 Å². The first-order valence-electron chi connectivity index (χ1n) is 14.5. The van der Waals surface area contributed by atoms with E-state index < -0.39 is 31.0 Å². The lowest BCUT2D eigenvalue weighted by Gasteiger charge is -2.40. The van der Waals surface area contributed by atoms with Crippen LogP contribution in [0.1, 0.15) is 46.1 Å². The van der Waals surface area contributed by atoms with Crippen LogP contribution in [0.2, 0.25) is 0 Å². The van der Waals surface area contributed by atoms with Crippen molar-refractivity contribution in [2.75, 3.05) is 17.2 Å². The van der Waals surface area contributed by atoms with E-state index in [1.54, 1.807) is 12.1 Å². The van der Waals surface area contributed by atoms with Crippen LogP contribution in [-0.4, -0.2) is 34.8 Å². The summed E-state index contributed by atoms with van der Waals surface area (Å²) < 4.78 is 91.1. The highest BCUT2D eigenvalue weighted by Gasteiger charge is 2.35. The molecule has 2 N–H and O–H groups in total. The molecule has 3 aromatic carbocycles. The molecule has 1 aliphatic carbocycles. The number of ether oxygens (including phenoxy) is 3. The van der Waals surface area contributed by atoms with Gasteiger partial charge in [0.15, 0.2) is 6.61 Å². The highest BCUT2D eigenvalue weighted by molar-refractivity contribution is 5.92. The molecule has 1 aromatic heterocycles. The highest BCUT2D eigenvalue weighted by Crippen LogP contribution is 2.46. The Kier molecular flexibility index (Phi) is 9.00. The van der Waals surface area contributed by atoms with Crippen LogP contribution in [-0.2, 0) is 4.79 Å². The number of nitrogens with zero attached hydrogens (tertiary/aromatic N) is 2. The monoisotopic (exact) mass is 650 g/mol. The normalized spacial score (nSPS) is 18.2. The van der Waals surface area contributed by atoms with Crippen LogP contribution in [0.4, 0.5) is 43.7 Å². The third-order valence-corrected chi connectivity index (χ3v) is 7.46. The van der Waals surface area contributed by atoms with Crippen LogP contribution < -0.4 is 24.8 Å². The zero-order valence-corrected chi connectivity index (χ0v) is 25.1. The smallest absolute Gasteiger partial charge is 0.484 e. The highest BCUT2D eigenvalue weighted by atomic mass is 19.4. The molecule has 8 nitrogen and oxygen atoms in total. The van der Waals surface area contributed by atoms with E-state index >= 15 is 0 Å². The van der Waals surface area contributed by atoms with Crippen LogP contribution in [0.25, 0.3) is 11.0 Å². The van der Waals surface area contributed by atoms with Crippen LogP contribution in [0.5, 0.6) is 17.2 Å². The average Bonchev–Trinajstić information content (AvgIpc) is 3.27. The second kappa shape index (κ2) is 12.6. The lowest BCUT2D eigenvalue weighted by Crippen LogP contribution is -2.29. The minimum atomic E-state index is -4.87. The number of alkyl halides is 6. The van der Waals surface area contributed by atoms with Gasteiger partial charge in [0, 0.05) is 29.5 Å². The van der Waals surface area contributed by atoms with Crippen molar-refractivity contribution in [1.29, 1.82) is 0 Å². The fraction of sp³-hybridized carbons (Fsp3) is 0.375. The van der Waals surface area contributed by atoms with Gasteiger partial charge in [0.05, 0.1) is 11.0 Å². The first-order valence-corrected chi connectivity index (χ1v) is 14.5. The zero-order valence-electron chi connectivity index (χ0n) is 25.1. The molecule has 1 heterocycles. The molecule has 0 radical (unpaired) electrons. The van der Waals surface area contributed by atoms with Gasteiger partial charge in [-0.25, -0.2) is 4.98 Å². The maximum atomic E-state index is 12.6. The number of imidazole rings is 1. The summed E-state index contributed by atoms with van der Waals surface area (Å²) in [5.41, 5.74) is 2.04. The summed E-state index contributed by atoms with van der Waals surface area (Å²) in [6.07, 6.45) is -6.82. The molecule has 246 valence electrons. The van der Waals surface area contributed by atoms with Gasteiger partial charge in [-0.15, -0.1) is 26.3 Å². The van der Waals surface area contributed by atoms with Crippen LogP contribution in [0.15, 0.2) is 66.7 Å². The Balaban J connectivity index is 1.35. The van der Waals surface area contributed by atoms with Crippen LogP contribution >= 0.6 is 0 Å². The summed E-state index contributed by atoms with van der Waals surface area (Å²) in [7, 11) is 0. The molecule has 14 heteroatoms. The first kappa shape index (κ1) is 32.8. The van der Waals surface area contributed by atoms with E-state index in [-0.39, 0.29) is 22.9 Å². The number of benzene rings is 3. The number of carbonyl (C=O) groups is 1. The van der Waals surface area contributed by atoms with Gasteiger partial charge in [0.2, 0.25) is 5.95 Å². The summed E-state index contributed by atoms with van der Waals surface area (Å²) in [5.74, 6) is -0.155. The summed E-state index contributed by atoms with van der Waals surface area (Å²) in [6, 6.07) is 15.5. The van der Waals surface area contributed by atoms with Crippen molar-refractivity contribution >= 4 is 34.3 Å². The molecule has 0 unspecified atom stereocenters. The largest absolute Gasteiger partial charge is 0.573 e. The van der Waals surface area contributed by atoms with Gasteiger partial charge in [-0.05, 0) is 79.1 Å². The Morgan fingerprint density at radius 3 is 2.24 bits per heavy atom. The van der Waals surface area contributed by atoms with Gasteiger partial charge in [-0.2, -0.15) is 0 Å². The van der Waals surface area contributed by atoms with Crippen molar-refractivity contribution < 1.29 is 45.3 Å². The van der Waals surface area contributed by atoms with Gasteiger partial charge in [0.25, 0.3) is 5.91 Å². The van der Waals surface area contributed by atoms with Gasteiger partial charge in [0.1, 0.15) is 17.2 Å². The molecule has 1 saturated carbocycles. The molecule has 1 amide bonds. The zero-order chi connectivity index (χ0) is 33.3. The van der Waals surface area contributed by atoms with Gasteiger partial charge in [-0.3, -0.25) is 4.79 Å². The van der Waals surface area contributed by atoms with E-state index in [9.17, 15) is 31.1 Å². The predicted molar refractivity (Wildman–Crippen MR) is 159 cm³/mol. The van der Waals surface area contributed by atoms with E-state index in [0.717, 1.165) is 36.9 Å². The molecular formula is C32H32F6N4O4. The number of carbonyl (C=O) groups excluding carboxylic acids is 1. The fourth-order valence-corrected chi connectivity index (χ4v) is 6.10. The van der Waals surface area contributed by atoms with E-state index in [4.69, 9.17) is 9.72 Å². The molecule has 0 spiro atoms. The van der Waals surface area contributed by atoms with E-state index in [1.807, 2.05) is 6.07 Å². The third-order valence-electron chi connectivity index (χ3n) is 7.46. The van der Waals surface area contributed by atoms with Crippen LogP contribution in [0.3, 0.4) is 0 Å². The van der Waals surface area contributed by atoms with Crippen molar-refractivity contribution in [2.45, 2.75) is 58.8 Å². The summed E-state index contributed by atoms with van der Waals surface area (Å²) in [4.78, 5) is 17.3. The van der Waals surface area contributed by atoms with E-state index in [0.29, 0.717) is 28.8 Å². The number of amides is 1. The molecular weight excluding hydrogens is 618 g/mol. The molecule has 0 saturated heterocycles. The van der Waals surface area contributed by atoms with Crippen molar-refractivity contribution in [2.24, 2.45) is 11.3 Å². The maximum Gasteiger partial charge on any atom is 0.573 e. The molecule has 0 aliphatic heterocycles. The van der Waals surface area contributed by atoms with Crippen molar-refractivity contribution in [3.63, 3.8) is 0 Å². The molecule has 46 heavy (non-hydrogen) atoms. The standard InChI is InChI=1S/C32H32F6N4O4/c1-19-13-22(17-30(2,3)16-19)42-27-12-11-24(44-18-28(43)39-21-5-4-6-25(14-21)46-32(36,37)38)15-26(27)41-29(42)40-20-7-9-23(10-8-20)45-31(33,34)35/h4-12,14-15,19,22H,13,16-18H2,1-3H3,(H,39,43)(H,40,41)/t19-,22+/m0/s1. The van der Waals surface area contributed by atoms with Crippen molar-refractivity contribution in [1.82, 2.24) is 9.55 Å². The SMILES string of the molecule is C[C@H]1C[C@@H](n2c(Nc3ccc(OC(F)(F)F)cc3)nc3cc(OCC(=O)Nc4cccc(OC(F)(F)F)c4)ccc32)CC(C)(C)C1. The Bertz CT molecular complexity index is 1680. The molecule has 1 fully saturated rings. The minimum absolute atomic E-state index is 0.0710. The number of hydrogen-bond donors (Lipinski definition) is 2. The van der Waals surface area contributed by atoms with E-state index in [2.05, 4.69) is 45.4 Å². The number of halogens is 6. The summed E-state index contributed by atoms with van der Waals surface area (Å²) in [5, 5.41) is 5.71. The number of rotatable bonds is 9. The lowest BCUT2D eigenvalue weighted by molar-refractivity contribution is -0.275. The number of aromatic nitrogens is 2. The topological polar surface area (TPSA) is 86.6 Å². The fourth-order valence-electron chi connectivity index (χ4n) is 6.10. The maximum absolute atomic E-state index is 12.6. The van der Waals surface area contributed by atoms with E-state index in [1.165, 1.54) is 36.4 Å². The minimum Gasteiger partial charge on any atom is -0.484 e. The van der Waals surface area contributed by atoms with Crippen molar-refractivity contribution in [3.8, 4) is 17.2 Å². The van der Waals surface area contributed by atoms with Gasteiger partial charge in [-0.1, -0.05) is 26.8 Å². The molecule has 2 atom stereocenters. The van der Waals surface area contributed by atoms with Crippen LogP contribution in [0, 0.1) is 11.3 Å². The molecule has 5 rings (SSSR count). The first-order chi connectivity index (χ1) is 21.5. The number of hydrogen-bond acceptors (Lipinski definition) is 6. The van der Waals surface area contributed by atoms with Crippen molar-refractivity contribution in [3.05, 3.63) is 66.7 Å². The Labute approximate surface area is 260 Å². The molecule has 0 bridgehead atoms. The lowest BCUT2D eigenvalue weighted by atomic mass is 9.70. The predicted octanol–water partition coefficient (Wildman–Crippen LogP) is 8.98. The number of nitrogens with one attached hydrogen (secondary N) is 2.